The van der Waals surface area contributed by atoms with Crippen LogP contribution in [-0.2, 0) is 6.18 Å². The van der Waals surface area contributed by atoms with Crippen LogP contribution in [0.2, 0.25) is 0 Å². The third-order valence-corrected chi connectivity index (χ3v) is 14.0. The van der Waals surface area contributed by atoms with Gasteiger partial charge in [0.15, 0.2) is 58.2 Å². The van der Waals surface area contributed by atoms with Crippen molar-refractivity contribution in [3.05, 3.63) is 189 Å². The normalized spacial score (nSPS) is 10.9. The number of aromatic nitrogens is 16. The van der Waals surface area contributed by atoms with Crippen molar-refractivity contribution in [3.63, 3.8) is 0 Å². The maximum atomic E-state index is 13.3. The molecule has 0 saturated carbocycles. The topological polar surface area (TPSA) is 438 Å². The minimum atomic E-state index is -4.72. The van der Waals surface area contributed by atoms with Crippen LogP contribution in [0, 0.1) is 40.7 Å². The molecule has 0 fully saturated rings. The lowest BCUT2D eigenvalue weighted by Gasteiger charge is -2.07. The lowest BCUT2D eigenvalue weighted by molar-refractivity contribution is -0.139. The molecule has 0 radical (unpaired) electrons. The second kappa shape index (κ2) is 27.9. The zero-order valence-electron chi connectivity index (χ0n) is 46.9. The summed E-state index contributed by atoms with van der Waals surface area (Å²) >= 11 is 6.71. The first-order valence-corrected chi connectivity index (χ1v) is 27.7. The van der Waals surface area contributed by atoms with E-state index in [1.54, 1.807) is 36.4 Å². The van der Waals surface area contributed by atoms with Gasteiger partial charge in [0.1, 0.15) is 45.6 Å². The average molecular weight is 1420 g/mol. The molecule has 0 unspecified atom stereocenters. The van der Waals surface area contributed by atoms with Gasteiger partial charge in [-0.1, -0.05) is 44.0 Å². The quantitative estimate of drug-likeness (QED) is 0.0627. The van der Waals surface area contributed by atoms with Gasteiger partial charge in [-0.05, 0) is 115 Å². The Hall–Kier alpha value is -11.8. The number of rotatable bonds is 0. The number of halogens is 12. The van der Waals surface area contributed by atoms with Crippen LogP contribution in [0.3, 0.4) is 0 Å². The van der Waals surface area contributed by atoms with Crippen molar-refractivity contribution in [2.75, 3.05) is 45.9 Å². The number of H-pyrrole nitrogens is 8. The summed E-state index contributed by atoms with van der Waals surface area (Å²) in [5.74, 6) is -1.55. The van der Waals surface area contributed by atoms with Crippen LogP contribution in [-0.4, -0.2) is 81.6 Å². The van der Waals surface area contributed by atoms with Gasteiger partial charge in [0.25, 0.3) is 0 Å². The van der Waals surface area contributed by atoms with Crippen molar-refractivity contribution < 1.29 is 43.9 Å². The fourth-order valence-corrected chi connectivity index (χ4v) is 9.20. The van der Waals surface area contributed by atoms with Gasteiger partial charge in [0.05, 0.1) is 38.5 Å². The van der Waals surface area contributed by atoms with Gasteiger partial charge in [-0.3, -0.25) is 40.8 Å². The van der Waals surface area contributed by atoms with Gasteiger partial charge in [0, 0.05) is 52.7 Å². The predicted molar refractivity (Wildman–Crippen MR) is 344 cm³/mol. The lowest BCUT2D eigenvalue weighted by atomic mass is 10.1. The Balaban J connectivity index is 0.000000126. The highest BCUT2D eigenvalue weighted by Gasteiger charge is 2.35. The molecule has 36 heteroatoms. The number of para-hydroxylation sites is 1. The molecule has 0 aliphatic carbocycles. The number of nitrogens with one attached hydrogen (secondary N) is 8. The van der Waals surface area contributed by atoms with Gasteiger partial charge < -0.3 is 45.9 Å². The SMILES string of the molecule is Nc1n[nH]c2c(F)c(C(F)(F)F)ccc12.Nc1n[nH]c2c(F)cc(F)cc12.Nc1n[nH]c2c(F)cccc12.Nc1n[nH]c2cc(Br)ccc12.Nc1n[nH]c2cc(F)ccc12.Nc1n[nH]c2ccc(Br)cc12.Nc1n[nH]c2ccc(F)cc12.Nc1n[nH]c2cccc(F)c12. The van der Waals surface area contributed by atoms with Gasteiger partial charge in [-0.2, -0.15) is 54.0 Å². The molecule has 93 heavy (non-hydrogen) atoms. The molecule has 0 saturated heterocycles. The number of aromatic amines is 8. The zero-order valence-corrected chi connectivity index (χ0v) is 50.1. The molecule has 0 amide bonds. The van der Waals surface area contributed by atoms with Gasteiger partial charge >= 0.3 is 6.18 Å². The summed E-state index contributed by atoms with van der Waals surface area (Å²) in [4.78, 5) is 0. The Kier molecular flexibility index (Phi) is 19.7. The van der Waals surface area contributed by atoms with E-state index in [0.29, 0.717) is 67.9 Å². The van der Waals surface area contributed by atoms with Crippen molar-refractivity contribution in [2.45, 2.75) is 6.18 Å². The van der Waals surface area contributed by atoms with Crippen molar-refractivity contribution in [2.24, 2.45) is 0 Å². The Morgan fingerprint density at radius 1 is 0.301 bits per heavy atom. The summed E-state index contributed by atoms with van der Waals surface area (Å²) in [5, 5.41) is 54.7. The number of nitrogens with zero attached hydrogens (tertiary/aromatic N) is 8. The highest BCUT2D eigenvalue weighted by atomic mass is 79.9. The largest absolute Gasteiger partial charge is 0.419 e. The Morgan fingerprint density at radius 3 is 1.32 bits per heavy atom. The maximum Gasteiger partial charge on any atom is 0.419 e. The fraction of sp³-hybridized carbons (Fsp3) is 0.0175. The third kappa shape index (κ3) is 15.3. The minimum absolute atomic E-state index is 0.0300. The summed E-state index contributed by atoms with van der Waals surface area (Å²) in [7, 11) is 0. The van der Waals surface area contributed by atoms with Crippen LogP contribution < -0.4 is 45.9 Å². The van der Waals surface area contributed by atoms with Crippen LogP contribution in [0.25, 0.3) is 87.2 Å². The van der Waals surface area contributed by atoms with E-state index in [0.717, 1.165) is 59.9 Å². The monoisotopic (exact) mass is 1410 g/mol. The van der Waals surface area contributed by atoms with Gasteiger partial charge in [-0.15, -0.1) is 0 Å². The highest BCUT2D eigenvalue weighted by Crippen LogP contribution is 2.35. The number of alkyl halides is 3. The summed E-state index contributed by atoms with van der Waals surface area (Å²) in [5.41, 5.74) is 46.3. The molecular weight excluding hydrogens is 1370 g/mol. The first-order chi connectivity index (χ1) is 44.3. The van der Waals surface area contributed by atoms with Gasteiger partial charge in [-0.25, -0.2) is 30.7 Å². The number of fused-ring (bicyclic) bond motifs is 8. The molecular formula is C57H46Br2F10N24. The van der Waals surface area contributed by atoms with Crippen molar-refractivity contribution in [1.82, 2.24) is 81.6 Å². The zero-order chi connectivity index (χ0) is 67.0. The second-order valence-corrected chi connectivity index (χ2v) is 20.9. The van der Waals surface area contributed by atoms with Crippen molar-refractivity contribution in [1.29, 1.82) is 0 Å². The summed E-state index contributed by atoms with van der Waals surface area (Å²) in [6, 6.07) is 33.3. The molecule has 0 spiro atoms. The van der Waals surface area contributed by atoms with Crippen molar-refractivity contribution in [3.8, 4) is 0 Å². The molecule has 0 bridgehead atoms. The van der Waals surface area contributed by atoms with E-state index in [1.807, 2.05) is 36.4 Å². The first-order valence-electron chi connectivity index (χ1n) is 26.2. The van der Waals surface area contributed by atoms with E-state index in [2.05, 4.69) is 113 Å². The number of anilines is 8. The Bertz CT molecular complexity index is 5100. The number of benzene rings is 8. The van der Waals surface area contributed by atoms with E-state index in [9.17, 15) is 43.9 Å². The highest BCUT2D eigenvalue weighted by molar-refractivity contribution is 9.10. The van der Waals surface area contributed by atoms with E-state index in [4.69, 9.17) is 45.9 Å². The average Bonchev–Trinajstić information content (AvgIpc) is 1.86. The molecule has 24 nitrogen and oxygen atoms in total. The first kappa shape index (κ1) is 65.6. The maximum absolute atomic E-state index is 13.3. The van der Waals surface area contributed by atoms with E-state index < -0.39 is 29.2 Å². The molecule has 16 aromatic rings. The Labute approximate surface area is 529 Å². The molecule has 8 aromatic heterocycles. The van der Waals surface area contributed by atoms with Gasteiger partial charge in [0.2, 0.25) is 0 Å². The summed E-state index contributed by atoms with van der Waals surface area (Å²) in [6.07, 6.45) is -4.72. The number of hydrogen-bond donors (Lipinski definition) is 16. The molecule has 16 rings (SSSR count). The number of nitrogen functional groups attached to an aromatic ring is 8. The molecule has 8 aromatic carbocycles. The van der Waals surface area contributed by atoms with Crippen LogP contribution >= 0.6 is 31.9 Å². The molecule has 0 aliphatic heterocycles. The fourth-order valence-electron chi connectivity index (χ4n) is 8.48. The summed E-state index contributed by atoms with van der Waals surface area (Å²) < 4.78 is 129. The minimum Gasteiger partial charge on any atom is -0.382 e. The van der Waals surface area contributed by atoms with Crippen LogP contribution in [0.4, 0.5) is 90.4 Å². The second-order valence-electron chi connectivity index (χ2n) is 19.1. The third-order valence-electron chi connectivity index (χ3n) is 13.0. The van der Waals surface area contributed by atoms with Crippen LogP contribution in [0.1, 0.15) is 5.56 Å². The number of hydrogen-bond acceptors (Lipinski definition) is 16. The van der Waals surface area contributed by atoms with Crippen LogP contribution in [0.15, 0.2) is 142 Å². The Morgan fingerprint density at radius 2 is 0.710 bits per heavy atom. The van der Waals surface area contributed by atoms with Crippen LogP contribution in [0.5, 0.6) is 0 Å². The smallest absolute Gasteiger partial charge is 0.382 e. The standard InChI is InChI=1S/C8H5F4N3.2C7H6BrN3.C7H5F2N3.4C7H6FN3/c9-5-4(8(10,11)12)2-1-3-6(5)14-15-7(3)13;8-4-1-2-6-5(3-4)7(9)11-10-6;8-4-1-2-5-6(3-4)10-11-7(5)9;8-3-1-4-6(5(9)2-3)11-12-7(4)10;8-4-1-2-6-5(3-4)7(9)11-10-6;8-4-1-2-5-6(3-4)10-11-7(5)9;8-4-2-1-3-5-6(4)7(9)11-10-5;8-5-3-1-2-4-6(5)10-11-7(4)9/h1-2H,(H3,13,14,15);2*1-3H,(H3,9,10,11);1-2H,(H3,10,11,12);4*1-3H,(H3,9,10,11). The van der Waals surface area contributed by atoms with E-state index >= 15 is 0 Å². The predicted octanol–water partition coefficient (Wildman–Crippen LogP) is 12.7. The number of nitrogens with two attached hydrogens (primary N) is 8. The molecule has 0 aliphatic rings. The van der Waals surface area contributed by atoms with E-state index in [1.165, 1.54) is 36.4 Å². The van der Waals surface area contributed by atoms with Crippen molar-refractivity contribution >= 4 is 166 Å². The molecule has 24 N–H and O–H groups in total. The van der Waals surface area contributed by atoms with E-state index in [-0.39, 0.29) is 62.5 Å². The molecule has 0 atom stereocenters. The molecule has 8 heterocycles. The lowest BCUT2D eigenvalue weighted by Crippen LogP contribution is -2.08. The summed E-state index contributed by atoms with van der Waals surface area (Å²) in [6.45, 7) is 0. The molecule has 478 valence electrons.